The molecule has 0 N–H and O–H groups in total. The number of benzene rings is 21. The van der Waals surface area contributed by atoms with Gasteiger partial charge in [0.1, 0.15) is 20.0 Å². The molecule has 0 aliphatic carbocycles. The molecule has 616 valence electrons. The highest BCUT2D eigenvalue weighted by molar-refractivity contribution is 7.19. The van der Waals surface area contributed by atoms with Crippen LogP contribution in [0.25, 0.3) is 248 Å². The molecule has 5 nitrogen and oxygen atoms in total. The van der Waals surface area contributed by atoms with Crippen LogP contribution in [0.2, 0.25) is 0 Å². The summed E-state index contributed by atoms with van der Waals surface area (Å²) in [5.74, 6) is 0. The smallest absolute Gasteiger partial charge is 0.124 e. The van der Waals surface area contributed by atoms with E-state index in [4.69, 9.17) is 19.9 Å². The first-order valence-electron chi connectivity index (χ1n) is 44.3. The van der Waals surface area contributed by atoms with E-state index in [1.54, 1.807) is 45.3 Å². The molecule has 5 aromatic heterocycles. The Morgan fingerprint density at radius 2 is 0.397 bits per heavy atom. The molecule has 0 aliphatic rings. The van der Waals surface area contributed by atoms with Gasteiger partial charge in [0.25, 0.3) is 0 Å². The average molecular weight is 1740 g/mol. The maximum absolute atomic E-state index is 5.06. The third-order valence-electron chi connectivity index (χ3n) is 25.8. The lowest BCUT2D eigenvalue weighted by atomic mass is 9.82. The standard InChI is InChI=1S/C46H33NS.C42H26N2S.C34H20N2S2/c1-28-9-15-31(16-10-28)39-25-40(32-17-11-29(2)12-18-32)36-23-24-38-42(46-47-27-43(48-46)34-7-5-4-6-8-34)26-41(33-19-13-30(3)14-20-33)37-22-21-35(39)44(36)45(37)38;1-4-12-27(13-5-1)34-24-35(28-14-6-2-7-15-28)31-21-22-33-37(42-44-26-39(45-42)38-18-10-11-23-43-38)25-36(29-16-8-3-9-17-29)32-20-19-30(34)40(31)41(32)33;1-3-7-21(8-4-1)29-19-35-33(37-29)27-17-13-23-12-16-26-28(18-14-24-11-15-25(27)31(23)32(24)26)34-36-20-30(38-34)22-9-5-2-6-10-22/h4-27H,1-3H3;1-26H;1-20H. The third kappa shape index (κ3) is 14.3. The highest BCUT2D eigenvalue weighted by Gasteiger charge is 2.27. The van der Waals surface area contributed by atoms with Gasteiger partial charge in [-0.3, -0.25) is 4.98 Å². The second-order valence-electron chi connectivity index (χ2n) is 33.8. The zero-order chi connectivity index (χ0) is 87.2. The number of aromatic nitrogens is 5. The van der Waals surface area contributed by atoms with Crippen LogP contribution < -0.4 is 0 Å². The molecule has 26 rings (SSSR count). The van der Waals surface area contributed by atoms with Crippen molar-refractivity contribution >= 4 is 142 Å². The summed E-state index contributed by atoms with van der Waals surface area (Å²) in [6.45, 7) is 6.46. The number of aryl methyl sites for hydroxylation is 3. The lowest BCUT2D eigenvalue weighted by Crippen LogP contribution is -1.94. The molecular formula is C122H79N5S4. The minimum Gasteiger partial charge on any atom is -0.255 e. The second kappa shape index (κ2) is 33.2. The molecule has 0 unspecified atom stereocenters. The zero-order valence-corrected chi connectivity index (χ0v) is 75.0. The number of thiazole rings is 4. The van der Waals surface area contributed by atoms with Crippen molar-refractivity contribution in [2.75, 3.05) is 0 Å². The Labute approximate surface area is 774 Å². The summed E-state index contributed by atoms with van der Waals surface area (Å²) >= 11 is 6.97. The summed E-state index contributed by atoms with van der Waals surface area (Å²) in [6.07, 6.45) is 9.83. The van der Waals surface area contributed by atoms with Crippen LogP contribution in [0.3, 0.4) is 0 Å². The van der Waals surface area contributed by atoms with Gasteiger partial charge in [-0.25, -0.2) is 19.9 Å². The molecule has 21 aromatic carbocycles. The Kier molecular flexibility index (Phi) is 20.0. The molecule has 0 bridgehead atoms. The van der Waals surface area contributed by atoms with E-state index in [9.17, 15) is 0 Å². The van der Waals surface area contributed by atoms with Crippen LogP contribution in [0.15, 0.2) is 425 Å². The molecule has 131 heavy (non-hydrogen) atoms. The van der Waals surface area contributed by atoms with Gasteiger partial charge in [-0.15, -0.1) is 45.3 Å². The van der Waals surface area contributed by atoms with Crippen LogP contribution in [0.1, 0.15) is 16.7 Å². The van der Waals surface area contributed by atoms with Crippen molar-refractivity contribution in [3.63, 3.8) is 0 Å². The van der Waals surface area contributed by atoms with Crippen LogP contribution >= 0.6 is 45.3 Å². The van der Waals surface area contributed by atoms with Gasteiger partial charge in [0.05, 0.1) is 25.2 Å². The molecule has 0 radical (unpaired) electrons. The number of rotatable bonds is 14. The van der Waals surface area contributed by atoms with E-state index >= 15 is 0 Å². The van der Waals surface area contributed by atoms with Crippen molar-refractivity contribution in [1.29, 1.82) is 0 Å². The van der Waals surface area contributed by atoms with Gasteiger partial charge in [-0.1, -0.05) is 375 Å². The van der Waals surface area contributed by atoms with E-state index in [-0.39, 0.29) is 0 Å². The van der Waals surface area contributed by atoms with Gasteiger partial charge in [0, 0.05) is 53.2 Å². The van der Waals surface area contributed by atoms with Crippen molar-refractivity contribution < 1.29 is 0 Å². The van der Waals surface area contributed by atoms with Crippen molar-refractivity contribution in [2.24, 2.45) is 0 Å². The first kappa shape index (κ1) is 78.9. The fraction of sp³-hybridized carbons (Fsp3) is 0.0246. The SMILES string of the molecule is Cc1ccc(-c2cc(-c3ccc(C)cc3)c3ccc4c(-c5ncc(-c6ccccc6)s5)cc(-c5ccc(C)cc5)c5ccc2c3c54)cc1.c1ccc(-c2cc(-c3ccccc3)c3ccc4c(-c5ncc(-c6ccccn6)s5)cc(-c5ccccc5)c5ccc2c3c54)cc1.c1ccc(-c2cnc(-c3ccc4ccc5c(-c6ncc(-c7ccccc7)s6)ccc6ccc3c4c65)s2)cc1. The van der Waals surface area contributed by atoms with Crippen LogP contribution in [0.5, 0.6) is 0 Å². The summed E-state index contributed by atoms with van der Waals surface area (Å²) in [5.41, 5.74) is 27.8. The summed E-state index contributed by atoms with van der Waals surface area (Å²) in [4.78, 5) is 29.0. The Balaban J connectivity index is 0.000000109. The Morgan fingerprint density at radius 3 is 0.695 bits per heavy atom. The molecule has 0 fully saturated rings. The van der Waals surface area contributed by atoms with E-state index in [0.29, 0.717) is 0 Å². The Bertz CT molecular complexity index is 8460. The molecule has 26 aromatic rings. The summed E-state index contributed by atoms with van der Waals surface area (Å²) in [7, 11) is 0. The first-order valence-corrected chi connectivity index (χ1v) is 47.5. The van der Waals surface area contributed by atoms with Crippen molar-refractivity contribution in [3.8, 4) is 151 Å². The molecule has 0 spiro atoms. The quantitative estimate of drug-likeness (QED) is 0.102. The highest BCUT2D eigenvalue weighted by Crippen LogP contribution is 2.54. The topological polar surface area (TPSA) is 64.5 Å². The Morgan fingerprint density at radius 1 is 0.168 bits per heavy atom. The minimum absolute atomic E-state index is 0.947. The fourth-order valence-corrected chi connectivity index (χ4v) is 23.2. The van der Waals surface area contributed by atoms with Crippen molar-refractivity contribution in [2.45, 2.75) is 20.8 Å². The molecule has 5 heterocycles. The van der Waals surface area contributed by atoms with E-state index in [1.165, 1.54) is 228 Å². The number of pyridine rings is 1. The summed E-state index contributed by atoms with van der Waals surface area (Å²) < 4.78 is 0. The van der Waals surface area contributed by atoms with E-state index in [1.807, 2.05) is 49.2 Å². The molecule has 0 aliphatic heterocycles. The molecule has 0 amide bonds. The van der Waals surface area contributed by atoms with Crippen molar-refractivity contribution in [3.05, 3.63) is 442 Å². The maximum Gasteiger partial charge on any atom is 0.124 e. The second-order valence-corrected chi connectivity index (χ2v) is 37.9. The van der Waals surface area contributed by atoms with E-state index in [0.717, 1.165) is 36.2 Å². The molecule has 0 saturated carbocycles. The van der Waals surface area contributed by atoms with Gasteiger partial charge >= 0.3 is 0 Å². The summed E-state index contributed by atoms with van der Waals surface area (Å²) in [5, 5.41) is 27.0. The normalized spacial score (nSPS) is 11.6. The van der Waals surface area contributed by atoms with Crippen molar-refractivity contribution in [1.82, 2.24) is 24.9 Å². The third-order valence-corrected chi connectivity index (χ3v) is 30.1. The van der Waals surface area contributed by atoms with Gasteiger partial charge in [-0.05, 0) is 238 Å². The van der Waals surface area contributed by atoms with Gasteiger partial charge < -0.3 is 0 Å². The molecule has 9 heteroatoms. The minimum atomic E-state index is 0.947. The summed E-state index contributed by atoms with van der Waals surface area (Å²) in [6, 6.07) is 143. The van der Waals surface area contributed by atoms with Gasteiger partial charge in [0.2, 0.25) is 0 Å². The van der Waals surface area contributed by atoms with E-state index in [2.05, 4.69) is 402 Å². The molecule has 0 atom stereocenters. The van der Waals surface area contributed by atoms with Gasteiger partial charge in [0.15, 0.2) is 0 Å². The molecule has 0 saturated heterocycles. The van der Waals surface area contributed by atoms with Crippen LogP contribution in [0, 0.1) is 20.8 Å². The number of nitrogens with zero attached hydrogens (tertiary/aromatic N) is 5. The maximum atomic E-state index is 5.06. The Hall–Kier alpha value is -15.6. The fourth-order valence-electron chi connectivity index (χ4n) is 19.4. The van der Waals surface area contributed by atoms with Gasteiger partial charge in [-0.2, -0.15) is 0 Å². The van der Waals surface area contributed by atoms with E-state index < -0.39 is 0 Å². The number of hydrogen-bond acceptors (Lipinski definition) is 9. The predicted molar refractivity (Wildman–Crippen MR) is 561 cm³/mol. The predicted octanol–water partition coefficient (Wildman–Crippen LogP) is 35.2. The number of hydrogen-bond donors (Lipinski definition) is 0. The largest absolute Gasteiger partial charge is 0.255 e. The lowest BCUT2D eigenvalue weighted by molar-refractivity contribution is 1.33. The zero-order valence-electron chi connectivity index (χ0n) is 71.8. The first-order chi connectivity index (χ1) is 64.7. The highest BCUT2D eigenvalue weighted by atomic mass is 32.1. The van der Waals surface area contributed by atoms with Crippen LogP contribution in [-0.2, 0) is 0 Å². The van der Waals surface area contributed by atoms with Crippen LogP contribution in [0.4, 0.5) is 0 Å². The van der Waals surface area contributed by atoms with Crippen LogP contribution in [-0.4, -0.2) is 24.9 Å². The molecular weight excluding hydrogens is 1660 g/mol. The monoisotopic (exact) mass is 1740 g/mol. The lowest BCUT2D eigenvalue weighted by Gasteiger charge is -2.21. The average Bonchev–Trinajstić information content (AvgIpc) is 0.998.